The fourth-order valence-corrected chi connectivity index (χ4v) is 2.73. The first-order valence-electron chi connectivity index (χ1n) is 8.28. The highest BCUT2D eigenvalue weighted by molar-refractivity contribution is 5.80. The molecule has 2 aromatic heterocycles. The summed E-state index contributed by atoms with van der Waals surface area (Å²) in [5.41, 5.74) is 4.59. The van der Waals surface area contributed by atoms with Crippen molar-refractivity contribution in [3.8, 4) is 0 Å². The summed E-state index contributed by atoms with van der Waals surface area (Å²) in [4.78, 5) is 20.1. The van der Waals surface area contributed by atoms with Gasteiger partial charge < -0.3 is 10.3 Å². The van der Waals surface area contributed by atoms with Gasteiger partial charge in [0.05, 0.1) is 11.0 Å². The van der Waals surface area contributed by atoms with Gasteiger partial charge >= 0.3 is 0 Å². The van der Waals surface area contributed by atoms with Gasteiger partial charge in [0.25, 0.3) is 0 Å². The second-order valence-corrected chi connectivity index (χ2v) is 6.14. The number of amides is 1. The second-order valence-electron chi connectivity index (χ2n) is 6.14. The molecule has 0 saturated heterocycles. The number of H-pyrrole nitrogens is 1. The van der Waals surface area contributed by atoms with Crippen molar-refractivity contribution in [1.82, 2.24) is 25.1 Å². The Morgan fingerprint density at radius 3 is 2.96 bits per heavy atom. The number of carbonyl (C=O) groups excluding carboxylic acids is 1. The number of aryl methyl sites for hydroxylation is 3. The molecular formula is C18H23N5O. The van der Waals surface area contributed by atoms with Crippen LogP contribution in [0.2, 0.25) is 0 Å². The van der Waals surface area contributed by atoms with E-state index in [2.05, 4.69) is 46.4 Å². The average molecular weight is 325 g/mol. The molecule has 126 valence electrons. The number of rotatable bonds is 6. The number of aromatic nitrogens is 4. The van der Waals surface area contributed by atoms with E-state index in [0.717, 1.165) is 29.7 Å². The van der Waals surface area contributed by atoms with Gasteiger partial charge in [-0.25, -0.2) is 4.98 Å². The molecule has 0 radical (unpaired) electrons. The van der Waals surface area contributed by atoms with Crippen LogP contribution in [0.15, 0.2) is 30.6 Å². The quantitative estimate of drug-likeness (QED) is 0.684. The van der Waals surface area contributed by atoms with Crippen LogP contribution in [0.25, 0.3) is 11.0 Å². The van der Waals surface area contributed by atoms with E-state index in [4.69, 9.17) is 0 Å². The number of aromatic amines is 1. The Labute approximate surface area is 141 Å². The van der Waals surface area contributed by atoms with E-state index in [0.29, 0.717) is 6.54 Å². The largest absolute Gasteiger partial charge is 0.354 e. The maximum atomic E-state index is 12.1. The van der Waals surface area contributed by atoms with Crippen LogP contribution in [0, 0.1) is 13.8 Å². The van der Waals surface area contributed by atoms with Crippen molar-refractivity contribution in [3.63, 3.8) is 0 Å². The van der Waals surface area contributed by atoms with E-state index in [1.165, 1.54) is 11.1 Å². The third kappa shape index (κ3) is 3.32. The maximum Gasteiger partial charge on any atom is 0.244 e. The van der Waals surface area contributed by atoms with Crippen LogP contribution >= 0.6 is 0 Å². The highest BCUT2D eigenvalue weighted by Gasteiger charge is 2.14. The summed E-state index contributed by atoms with van der Waals surface area (Å²) in [6, 6.07) is 5.70. The molecule has 0 spiro atoms. The lowest BCUT2D eigenvalue weighted by Gasteiger charge is -2.12. The van der Waals surface area contributed by atoms with Crippen molar-refractivity contribution in [2.45, 2.75) is 39.7 Å². The minimum atomic E-state index is -0.295. The van der Waals surface area contributed by atoms with Gasteiger partial charge in [0, 0.05) is 25.4 Å². The molecule has 0 unspecified atom stereocenters. The SMILES string of the molecule is Cc1ccc2[nH]c(CCCNC(=O)[C@H](C)n3cccn3)nc2c1C. The van der Waals surface area contributed by atoms with E-state index >= 15 is 0 Å². The summed E-state index contributed by atoms with van der Waals surface area (Å²) in [6.07, 6.45) is 5.12. The first-order chi connectivity index (χ1) is 11.6. The second kappa shape index (κ2) is 6.86. The van der Waals surface area contributed by atoms with Crippen LogP contribution in [-0.4, -0.2) is 32.2 Å². The molecule has 0 bridgehead atoms. The van der Waals surface area contributed by atoms with Gasteiger partial charge in [0.1, 0.15) is 11.9 Å². The van der Waals surface area contributed by atoms with E-state index in [1.54, 1.807) is 17.1 Å². The predicted octanol–water partition coefficient (Wildman–Crippen LogP) is 2.69. The highest BCUT2D eigenvalue weighted by Crippen LogP contribution is 2.19. The third-order valence-electron chi connectivity index (χ3n) is 4.42. The molecule has 1 atom stereocenters. The number of hydrogen-bond donors (Lipinski definition) is 2. The Bertz CT molecular complexity index is 835. The van der Waals surface area contributed by atoms with Gasteiger partial charge in [0.15, 0.2) is 0 Å². The van der Waals surface area contributed by atoms with Crippen molar-refractivity contribution < 1.29 is 4.79 Å². The fourth-order valence-electron chi connectivity index (χ4n) is 2.73. The molecule has 24 heavy (non-hydrogen) atoms. The zero-order chi connectivity index (χ0) is 17.1. The van der Waals surface area contributed by atoms with Gasteiger partial charge in [0.2, 0.25) is 5.91 Å². The number of nitrogens with zero attached hydrogens (tertiary/aromatic N) is 3. The smallest absolute Gasteiger partial charge is 0.244 e. The van der Waals surface area contributed by atoms with Crippen molar-refractivity contribution in [3.05, 3.63) is 47.5 Å². The Kier molecular flexibility index (Phi) is 4.64. The van der Waals surface area contributed by atoms with Crippen LogP contribution in [0.3, 0.4) is 0 Å². The Morgan fingerprint density at radius 2 is 2.21 bits per heavy atom. The van der Waals surface area contributed by atoms with Crippen molar-refractivity contribution in [2.24, 2.45) is 0 Å². The maximum absolute atomic E-state index is 12.1. The molecule has 6 nitrogen and oxygen atoms in total. The third-order valence-corrected chi connectivity index (χ3v) is 4.42. The molecule has 0 saturated carbocycles. The highest BCUT2D eigenvalue weighted by atomic mass is 16.2. The standard InChI is InChI=1S/C18H23N5O/c1-12-7-8-15-17(13(12)2)22-16(21-15)6-4-9-19-18(24)14(3)23-11-5-10-20-23/h5,7-8,10-11,14H,4,6,9H2,1-3H3,(H,19,24)(H,21,22)/t14-/m0/s1. The van der Waals surface area contributed by atoms with Gasteiger partial charge in [-0.1, -0.05) is 6.07 Å². The van der Waals surface area contributed by atoms with Crippen molar-refractivity contribution in [2.75, 3.05) is 6.54 Å². The van der Waals surface area contributed by atoms with E-state index in [-0.39, 0.29) is 11.9 Å². The van der Waals surface area contributed by atoms with Crippen molar-refractivity contribution in [1.29, 1.82) is 0 Å². The normalized spacial score (nSPS) is 12.5. The molecule has 6 heteroatoms. The molecule has 0 aliphatic heterocycles. The lowest BCUT2D eigenvalue weighted by atomic mass is 10.1. The number of benzene rings is 1. The molecule has 1 aromatic carbocycles. The summed E-state index contributed by atoms with van der Waals surface area (Å²) in [5.74, 6) is 0.947. The van der Waals surface area contributed by atoms with Crippen LogP contribution in [0.1, 0.15) is 36.3 Å². The minimum Gasteiger partial charge on any atom is -0.354 e. The van der Waals surface area contributed by atoms with Crippen molar-refractivity contribution >= 4 is 16.9 Å². The summed E-state index contributed by atoms with van der Waals surface area (Å²) in [7, 11) is 0. The first-order valence-corrected chi connectivity index (χ1v) is 8.28. The number of carbonyl (C=O) groups is 1. The first kappa shape index (κ1) is 16.2. The summed E-state index contributed by atoms with van der Waals surface area (Å²) in [5, 5.41) is 7.05. The topological polar surface area (TPSA) is 75.6 Å². The summed E-state index contributed by atoms with van der Waals surface area (Å²) >= 11 is 0. The van der Waals surface area contributed by atoms with Gasteiger partial charge in [-0.2, -0.15) is 5.10 Å². The number of imidazole rings is 1. The van der Waals surface area contributed by atoms with Crippen LogP contribution < -0.4 is 5.32 Å². The molecule has 3 aromatic rings. The monoisotopic (exact) mass is 325 g/mol. The lowest BCUT2D eigenvalue weighted by Crippen LogP contribution is -2.32. The summed E-state index contributed by atoms with van der Waals surface area (Å²) < 4.78 is 1.65. The van der Waals surface area contributed by atoms with E-state index in [9.17, 15) is 4.79 Å². The van der Waals surface area contributed by atoms with E-state index < -0.39 is 0 Å². The minimum absolute atomic E-state index is 0.0187. The van der Waals surface area contributed by atoms with E-state index in [1.807, 2.05) is 13.0 Å². The lowest BCUT2D eigenvalue weighted by molar-refractivity contribution is -0.124. The van der Waals surface area contributed by atoms with Gasteiger partial charge in [-0.15, -0.1) is 0 Å². The molecule has 0 aliphatic carbocycles. The molecule has 0 aliphatic rings. The number of fused-ring (bicyclic) bond motifs is 1. The summed E-state index contributed by atoms with van der Waals surface area (Å²) in [6.45, 7) is 6.66. The molecule has 0 fully saturated rings. The zero-order valence-electron chi connectivity index (χ0n) is 14.3. The number of nitrogens with one attached hydrogen (secondary N) is 2. The van der Waals surface area contributed by atoms with Crippen LogP contribution in [-0.2, 0) is 11.2 Å². The number of hydrogen-bond acceptors (Lipinski definition) is 3. The fraction of sp³-hybridized carbons (Fsp3) is 0.389. The predicted molar refractivity (Wildman–Crippen MR) is 93.8 cm³/mol. The molecule has 2 N–H and O–H groups in total. The molecule has 2 heterocycles. The van der Waals surface area contributed by atoms with Gasteiger partial charge in [-0.3, -0.25) is 9.48 Å². The molecule has 1 amide bonds. The van der Waals surface area contributed by atoms with Crippen LogP contribution in [0.5, 0.6) is 0 Å². The average Bonchev–Trinajstić information content (AvgIpc) is 3.24. The Balaban J connectivity index is 1.52. The Morgan fingerprint density at radius 1 is 1.38 bits per heavy atom. The molecular weight excluding hydrogens is 302 g/mol. The van der Waals surface area contributed by atoms with Crippen LogP contribution in [0.4, 0.5) is 0 Å². The van der Waals surface area contributed by atoms with Gasteiger partial charge in [-0.05, 0) is 50.5 Å². The molecule has 3 rings (SSSR count). The zero-order valence-corrected chi connectivity index (χ0v) is 14.3. The Hall–Kier alpha value is -2.63.